The van der Waals surface area contributed by atoms with Gasteiger partial charge in [0.05, 0.1) is 0 Å². The number of aliphatic carboxylic acids is 1. The van der Waals surface area contributed by atoms with Crippen LogP contribution in [0, 0.1) is 0 Å². The minimum Gasteiger partial charge on any atom is -0.480 e. The Labute approximate surface area is 117 Å². The summed E-state index contributed by atoms with van der Waals surface area (Å²) in [6, 6.07) is -1.92. The van der Waals surface area contributed by atoms with Crippen molar-refractivity contribution < 1.29 is 23.1 Å². The van der Waals surface area contributed by atoms with E-state index in [9.17, 15) is 23.1 Å². The minimum absolute atomic E-state index is 0.168. The van der Waals surface area contributed by atoms with E-state index in [2.05, 4.69) is 0 Å². The Hall–Kier alpha value is -1.19. The highest BCUT2D eigenvalue weighted by molar-refractivity contribution is 7.86. The topological polar surface area (TPSA) is 121 Å². The number of rotatable bonds is 4. The molecule has 2 heterocycles. The Bertz CT molecular complexity index is 506. The third-order valence-corrected chi connectivity index (χ3v) is 5.92. The number of amides is 1. The maximum atomic E-state index is 12.6. The van der Waals surface area contributed by atoms with E-state index in [0.717, 1.165) is 8.61 Å². The van der Waals surface area contributed by atoms with Crippen LogP contribution in [0.4, 0.5) is 0 Å². The number of carbonyl (C=O) groups is 2. The van der Waals surface area contributed by atoms with Crippen molar-refractivity contribution in [2.45, 2.75) is 44.2 Å². The highest BCUT2D eigenvalue weighted by Gasteiger charge is 2.45. The number of piperidine rings is 1. The first-order valence-electron chi connectivity index (χ1n) is 6.66. The molecule has 1 amide bonds. The van der Waals surface area contributed by atoms with Crippen molar-refractivity contribution in [2.75, 3.05) is 13.1 Å². The summed E-state index contributed by atoms with van der Waals surface area (Å²) in [5.74, 6) is -1.84. The average molecular weight is 305 g/mol. The first-order chi connectivity index (χ1) is 9.35. The summed E-state index contributed by atoms with van der Waals surface area (Å²) >= 11 is 0. The van der Waals surface area contributed by atoms with Crippen LogP contribution in [0.2, 0.25) is 0 Å². The van der Waals surface area contributed by atoms with Crippen LogP contribution in [0.1, 0.15) is 32.1 Å². The third-order valence-electron chi connectivity index (χ3n) is 3.86. The molecule has 0 spiro atoms. The molecular formula is C11H19N3O5S. The molecule has 2 rings (SSSR count). The van der Waals surface area contributed by atoms with Crippen molar-refractivity contribution in [1.29, 1.82) is 0 Å². The lowest BCUT2D eigenvalue weighted by Crippen LogP contribution is -2.56. The summed E-state index contributed by atoms with van der Waals surface area (Å²) in [4.78, 5) is 22.6. The lowest BCUT2D eigenvalue weighted by Gasteiger charge is -2.35. The fourth-order valence-corrected chi connectivity index (χ4v) is 4.90. The Morgan fingerprint density at radius 2 is 1.55 bits per heavy atom. The first-order valence-corrected chi connectivity index (χ1v) is 8.06. The van der Waals surface area contributed by atoms with Gasteiger partial charge in [-0.05, 0) is 32.1 Å². The minimum atomic E-state index is -3.97. The zero-order valence-corrected chi connectivity index (χ0v) is 11.9. The van der Waals surface area contributed by atoms with Crippen molar-refractivity contribution in [3.8, 4) is 0 Å². The van der Waals surface area contributed by atoms with Gasteiger partial charge in [-0.2, -0.15) is 17.0 Å². The fraction of sp³-hybridized carbons (Fsp3) is 0.818. The zero-order chi connectivity index (χ0) is 14.9. The Kier molecular flexibility index (Phi) is 4.31. The smallest absolute Gasteiger partial charge is 0.322 e. The number of primary amides is 1. The standard InChI is InChI=1S/C11H19N3O5S/c12-10(15)8-5-3-7-13(8)20(18,19)14-6-2-1-4-9(14)11(16)17/h8-9H,1-7H2,(H2,12,15)(H,16,17). The summed E-state index contributed by atoms with van der Waals surface area (Å²) in [7, 11) is -3.97. The average Bonchev–Trinajstić information content (AvgIpc) is 2.88. The predicted octanol–water partition coefficient (Wildman–Crippen LogP) is -0.880. The second-order valence-corrected chi connectivity index (χ2v) is 6.97. The van der Waals surface area contributed by atoms with Crippen LogP contribution in [0.5, 0.6) is 0 Å². The molecule has 0 aromatic rings. The van der Waals surface area contributed by atoms with Gasteiger partial charge in [0.2, 0.25) is 5.91 Å². The van der Waals surface area contributed by atoms with Crippen LogP contribution < -0.4 is 5.73 Å². The van der Waals surface area contributed by atoms with Crippen LogP contribution in [-0.2, 0) is 19.8 Å². The van der Waals surface area contributed by atoms with Gasteiger partial charge in [-0.15, -0.1) is 0 Å². The lowest BCUT2D eigenvalue weighted by atomic mass is 10.1. The molecule has 8 nitrogen and oxygen atoms in total. The van der Waals surface area contributed by atoms with Crippen LogP contribution in [0.25, 0.3) is 0 Å². The van der Waals surface area contributed by atoms with Crippen molar-refractivity contribution in [2.24, 2.45) is 5.73 Å². The first kappa shape index (κ1) is 15.2. The summed E-state index contributed by atoms with van der Waals surface area (Å²) in [5.41, 5.74) is 5.23. The highest BCUT2D eigenvalue weighted by Crippen LogP contribution is 2.28. The number of carbonyl (C=O) groups excluding carboxylic acids is 1. The van der Waals surface area contributed by atoms with Crippen LogP contribution >= 0.6 is 0 Å². The molecule has 2 aliphatic heterocycles. The molecule has 2 atom stereocenters. The van der Waals surface area contributed by atoms with Crippen LogP contribution in [0.15, 0.2) is 0 Å². The largest absolute Gasteiger partial charge is 0.480 e. The van der Waals surface area contributed by atoms with E-state index in [1.807, 2.05) is 0 Å². The second-order valence-electron chi connectivity index (χ2n) is 5.14. The van der Waals surface area contributed by atoms with Crippen LogP contribution in [0.3, 0.4) is 0 Å². The molecule has 2 fully saturated rings. The molecule has 114 valence electrons. The van der Waals surface area contributed by atoms with E-state index in [1.54, 1.807) is 0 Å². The summed E-state index contributed by atoms with van der Waals surface area (Å²) in [5, 5.41) is 9.17. The molecule has 3 N–H and O–H groups in total. The molecule has 0 radical (unpaired) electrons. The van der Waals surface area contributed by atoms with Crippen LogP contribution in [-0.4, -0.2) is 59.2 Å². The molecule has 0 aromatic carbocycles. The summed E-state index contributed by atoms with van der Waals surface area (Å²) in [6.45, 7) is 0.375. The fourth-order valence-electron chi connectivity index (χ4n) is 2.86. The van der Waals surface area contributed by atoms with E-state index in [1.165, 1.54) is 0 Å². The quantitative estimate of drug-likeness (QED) is 0.698. The van der Waals surface area contributed by atoms with E-state index in [4.69, 9.17) is 5.73 Å². The number of nitrogens with two attached hydrogens (primary N) is 1. The molecular weight excluding hydrogens is 286 g/mol. The van der Waals surface area contributed by atoms with E-state index >= 15 is 0 Å². The molecule has 2 unspecified atom stereocenters. The molecule has 2 aliphatic rings. The lowest BCUT2D eigenvalue weighted by molar-refractivity contribution is -0.142. The van der Waals surface area contributed by atoms with Gasteiger partial charge >= 0.3 is 5.97 Å². The van der Waals surface area contributed by atoms with Gasteiger partial charge in [0, 0.05) is 13.1 Å². The number of hydrogen-bond donors (Lipinski definition) is 2. The molecule has 20 heavy (non-hydrogen) atoms. The Morgan fingerprint density at radius 1 is 1.00 bits per heavy atom. The van der Waals surface area contributed by atoms with Gasteiger partial charge in [-0.25, -0.2) is 0 Å². The highest BCUT2D eigenvalue weighted by atomic mass is 32.2. The van der Waals surface area contributed by atoms with Crippen molar-refractivity contribution in [1.82, 2.24) is 8.61 Å². The van der Waals surface area contributed by atoms with E-state index in [-0.39, 0.29) is 13.1 Å². The molecule has 2 saturated heterocycles. The SMILES string of the molecule is NC(=O)C1CCCN1S(=O)(=O)N1CCCCC1C(=O)O. The summed E-state index contributed by atoms with van der Waals surface area (Å²) in [6.07, 6.45) is 2.54. The normalized spacial score (nSPS) is 29.4. The molecule has 9 heteroatoms. The van der Waals surface area contributed by atoms with Gasteiger partial charge in [-0.1, -0.05) is 0 Å². The maximum absolute atomic E-state index is 12.6. The monoisotopic (exact) mass is 305 g/mol. The molecule has 0 aromatic heterocycles. The second kappa shape index (κ2) is 5.66. The zero-order valence-electron chi connectivity index (χ0n) is 11.1. The number of hydrogen-bond acceptors (Lipinski definition) is 4. The van der Waals surface area contributed by atoms with Gasteiger partial charge in [0.15, 0.2) is 0 Å². The van der Waals surface area contributed by atoms with Gasteiger partial charge in [0.25, 0.3) is 10.2 Å². The van der Waals surface area contributed by atoms with Crippen molar-refractivity contribution in [3.05, 3.63) is 0 Å². The van der Waals surface area contributed by atoms with Gasteiger partial charge in [-0.3, -0.25) is 9.59 Å². The number of nitrogens with zero attached hydrogens (tertiary/aromatic N) is 2. The maximum Gasteiger partial charge on any atom is 0.322 e. The van der Waals surface area contributed by atoms with E-state index < -0.39 is 34.2 Å². The molecule has 0 saturated carbocycles. The molecule has 0 aliphatic carbocycles. The predicted molar refractivity (Wildman–Crippen MR) is 69.8 cm³/mol. The number of carboxylic acid groups (broad SMARTS) is 1. The van der Waals surface area contributed by atoms with Gasteiger partial charge in [0.1, 0.15) is 12.1 Å². The molecule has 0 bridgehead atoms. The third kappa shape index (κ3) is 2.65. The van der Waals surface area contributed by atoms with Crippen molar-refractivity contribution >= 4 is 22.1 Å². The number of carboxylic acids is 1. The van der Waals surface area contributed by atoms with Crippen molar-refractivity contribution in [3.63, 3.8) is 0 Å². The van der Waals surface area contributed by atoms with E-state index in [0.29, 0.717) is 32.1 Å². The van der Waals surface area contributed by atoms with Gasteiger partial charge < -0.3 is 10.8 Å². The Morgan fingerprint density at radius 3 is 2.15 bits per heavy atom. The Balaban J connectivity index is 2.28. The summed E-state index contributed by atoms with van der Waals surface area (Å²) < 4.78 is 27.2.